The van der Waals surface area contributed by atoms with Gasteiger partial charge in [-0.2, -0.15) is 4.89 Å². The van der Waals surface area contributed by atoms with Crippen LogP contribution in [0.5, 0.6) is 0 Å². The molecule has 0 radical (unpaired) electrons. The van der Waals surface area contributed by atoms with Gasteiger partial charge in [0, 0.05) is 36.7 Å². The molecule has 8 heteroatoms. The number of ketones is 2. The van der Waals surface area contributed by atoms with Crippen LogP contribution in [0.15, 0.2) is 23.3 Å². The van der Waals surface area contributed by atoms with Crippen LogP contribution in [0.3, 0.4) is 0 Å². The number of aliphatic hydroxyl groups is 1. The van der Waals surface area contributed by atoms with Gasteiger partial charge in [-0.15, -0.1) is 0 Å². The summed E-state index contributed by atoms with van der Waals surface area (Å²) in [5, 5.41) is 30.1. The van der Waals surface area contributed by atoms with Crippen molar-refractivity contribution in [2.24, 2.45) is 28.6 Å². The van der Waals surface area contributed by atoms with E-state index in [0.717, 1.165) is 11.1 Å². The molecule has 0 amide bonds. The van der Waals surface area contributed by atoms with Gasteiger partial charge in [0.25, 0.3) is 0 Å². The van der Waals surface area contributed by atoms with E-state index in [1.807, 2.05) is 6.92 Å². The van der Waals surface area contributed by atoms with Crippen molar-refractivity contribution < 1.29 is 39.5 Å². The minimum Gasteiger partial charge on any atom is -0.481 e. The average Bonchev–Trinajstić information content (AvgIpc) is 3.04. The number of rotatable bonds is 7. The predicted molar refractivity (Wildman–Crippen MR) is 117 cm³/mol. The third-order valence-corrected chi connectivity index (χ3v) is 9.37. The van der Waals surface area contributed by atoms with Crippen LogP contribution >= 0.6 is 0 Å². The van der Waals surface area contributed by atoms with Gasteiger partial charge >= 0.3 is 5.97 Å². The molecule has 2 saturated carbocycles. The van der Waals surface area contributed by atoms with Crippen LogP contribution in [0.1, 0.15) is 65.2 Å². The molecule has 0 aromatic carbocycles. The second kappa shape index (κ2) is 8.41. The molecule has 182 valence electrons. The van der Waals surface area contributed by atoms with Crippen molar-refractivity contribution in [1.82, 2.24) is 0 Å². The predicted octanol–water partition coefficient (Wildman–Crippen LogP) is 3.29. The molecular formula is C25H34O8. The maximum atomic E-state index is 13.5. The molecule has 4 rings (SSSR count). The van der Waals surface area contributed by atoms with Crippen LogP contribution in [0.4, 0.5) is 0 Å². The van der Waals surface area contributed by atoms with Gasteiger partial charge in [-0.1, -0.05) is 31.1 Å². The number of methoxy groups -OCH3 is 1. The summed E-state index contributed by atoms with van der Waals surface area (Å²) in [5.41, 5.74) is -0.0147. The Balaban J connectivity index is 1.80. The van der Waals surface area contributed by atoms with Crippen LogP contribution in [0.25, 0.3) is 0 Å². The number of carboxylic acid groups (broad SMARTS) is 1. The van der Waals surface area contributed by atoms with E-state index < -0.39 is 29.2 Å². The summed E-state index contributed by atoms with van der Waals surface area (Å²) in [4.78, 5) is 41.3. The Labute approximate surface area is 193 Å². The van der Waals surface area contributed by atoms with Gasteiger partial charge in [0.05, 0.1) is 5.60 Å². The molecule has 4 aliphatic rings. The van der Waals surface area contributed by atoms with Crippen molar-refractivity contribution in [2.75, 3.05) is 7.11 Å². The molecule has 3 N–H and O–H groups in total. The molecule has 4 aliphatic carbocycles. The monoisotopic (exact) mass is 462 g/mol. The number of hydrogen-bond acceptors (Lipinski definition) is 7. The zero-order valence-corrected chi connectivity index (χ0v) is 19.5. The molecular weight excluding hydrogens is 428 g/mol. The van der Waals surface area contributed by atoms with Gasteiger partial charge in [-0.25, -0.2) is 5.26 Å². The standard InChI is InChI=1S/C25H34O8/c1-23-8-4-15(26)12-14(23)13-16(21(29)22(32-3)33-31)20-17(23)5-9-24(2)18(20)6-10-25(24,30)11-7-19(27)28/h5,12,16,18,20,22,30-31H,4,6-11,13H2,1-3H3,(H,27,28)/t16-,18+,20-,22?,23+,24+,25-/m1/s1. The molecule has 0 spiro atoms. The van der Waals surface area contributed by atoms with E-state index in [1.54, 1.807) is 6.08 Å². The van der Waals surface area contributed by atoms with E-state index in [0.29, 0.717) is 38.5 Å². The van der Waals surface area contributed by atoms with E-state index in [-0.39, 0.29) is 41.7 Å². The van der Waals surface area contributed by atoms with E-state index in [1.165, 1.54) is 7.11 Å². The highest BCUT2D eigenvalue weighted by molar-refractivity contribution is 5.93. The second-order valence-corrected chi connectivity index (χ2v) is 10.7. The number of carbonyl (C=O) groups excluding carboxylic acids is 2. The molecule has 7 atom stereocenters. The normalized spacial score (nSPS) is 40.8. The van der Waals surface area contributed by atoms with Gasteiger partial charge < -0.3 is 14.9 Å². The molecule has 0 saturated heterocycles. The molecule has 0 aromatic rings. The summed E-state index contributed by atoms with van der Waals surface area (Å²) in [6.45, 7) is 4.14. The fourth-order valence-corrected chi connectivity index (χ4v) is 7.35. The topological polar surface area (TPSA) is 130 Å². The molecule has 1 unspecified atom stereocenters. The van der Waals surface area contributed by atoms with Crippen molar-refractivity contribution in [3.05, 3.63) is 23.3 Å². The molecule has 33 heavy (non-hydrogen) atoms. The second-order valence-electron chi connectivity index (χ2n) is 10.7. The first-order valence-corrected chi connectivity index (χ1v) is 11.8. The van der Waals surface area contributed by atoms with Crippen LogP contribution in [-0.2, 0) is 24.0 Å². The van der Waals surface area contributed by atoms with Crippen molar-refractivity contribution in [2.45, 2.75) is 77.1 Å². The highest BCUT2D eigenvalue weighted by atomic mass is 17.1. The summed E-state index contributed by atoms with van der Waals surface area (Å²) in [5.74, 6) is -2.10. The zero-order valence-electron chi connectivity index (χ0n) is 19.5. The van der Waals surface area contributed by atoms with Gasteiger partial charge in [0.15, 0.2) is 11.6 Å². The molecule has 0 heterocycles. The third kappa shape index (κ3) is 3.62. The van der Waals surface area contributed by atoms with Gasteiger partial charge in [0.1, 0.15) is 0 Å². The maximum absolute atomic E-state index is 13.5. The van der Waals surface area contributed by atoms with E-state index >= 15 is 0 Å². The number of carbonyl (C=O) groups is 3. The summed E-state index contributed by atoms with van der Waals surface area (Å²) in [7, 11) is 1.29. The fraction of sp³-hybridized carbons (Fsp3) is 0.720. The summed E-state index contributed by atoms with van der Waals surface area (Å²) >= 11 is 0. The number of aliphatic carboxylic acids is 1. The van der Waals surface area contributed by atoms with Crippen LogP contribution in [0, 0.1) is 28.6 Å². The van der Waals surface area contributed by atoms with E-state index in [9.17, 15) is 29.9 Å². The van der Waals surface area contributed by atoms with Crippen LogP contribution in [0.2, 0.25) is 0 Å². The Kier molecular flexibility index (Phi) is 6.18. The summed E-state index contributed by atoms with van der Waals surface area (Å²) in [6, 6.07) is 0. The lowest BCUT2D eigenvalue weighted by molar-refractivity contribution is -0.328. The lowest BCUT2D eigenvalue weighted by Gasteiger charge is -2.57. The highest BCUT2D eigenvalue weighted by Crippen LogP contribution is 2.67. The Morgan fingerprint density at radius 3 is 2.64 bits per heavy atom. The molecule has 2 fully saturated rings. The Morgan fingerprint density at radius 1 is 1.27 bits per heavy atom. The van der Waals surface area contributed by atoms with Crippen LogP contribution in [-0.4, -0.2) is 52.0 Å². The first kappa shape index (κ1) is 24.3. The van der Waals surface area contributed by atoms with Gasteiger partial charge in [-0.05, 0) is 56.4 Å². The number of ether oxygens (including phenoxy) is 1. The minimum atomic E-state index is -1.43. The van der Waals surface area contributed by atoms with Gasteiger partial charge in [-0.3, -0.25) is 14.4 Å². The SMILES string of the molecule is COC(OO)C(=O)[C@@H]1CC2=CC(=O)CC[C@]2(C)C2=CC[C@@]3(C)[C@@H](CC[C@@]3(O)CCC(=O)O)[C@@H]21. The number of Topliss-reactive ketones (excluding diaryl/α,β-unsaturated/α-hetero) is 1. The zero-order chi connectivity index (χ0) is 24.2. The first-order valence-electron chi connectivity index (χ1n) is 11.8. The summed E-state index contributed by atoms with van der Waals surface area (Å²) in [6.07, 6.45) is 5.66. The number of allylic oxidation sites excluding steroid dienone is 4. The van der Waals surface area contributed by atoms with Crippen molar-refractivity contribution in [3.63, 3.8) is 0 Å². The Bertz CT molecular complexity index is 917. The number of fused-ring (bicyclic) bond motifs is 5. The maximum Gasteiger partial charge on any atom is 0.303 e. The quantitative estimate of drug-likeness (QED) is 0.227. The van der Waals surface area contributed by atoms with Crippen molar-refractivity contribution in [1.29, 1.82) is 0 Å². The average molecular weight is 463 g/mol. The molecule has 0 aromatic heterocycles. The summed E-state index contributed by atoms with van der Waals surface area (Å²) < 4.78 is 5.08. The fourth-order valence-electron chi connectivity index (χ4n) is 7.35. The lowest BCUT2D eigenvalue weighted by atomic mass is 9.47. The molecule has 0 bridgehead atoms. The largest absolute Gasteiger partial charge is 0.481 e. The number of hydrogen-bond donors (Lipinski definition) is 3. The Hall–Kier alpha value is -1.87. The lowest BCUT2D eigenvalue weighted by Crippen LogP contribution is -2.54. The van der Waals surface area contributed by atoms with Crippen molar-refractivity contribution >= 4 is 17.5 Å². The Morgan fingerprint density at radius 2 is 2.00 bits per heavy atom. The molecule has 0 aliphatic heterocycles. The first-order chi connectivity index (χ1) is 15.5. The van der Waals surface area contributed by atoms with E-state index in [4.69, 9.17) is 4.74 Å². The van der Waals surface area contributed by atoms with Crippen LogP contribution < -0.4 is 0 Å². The molecule has 8 nitrogen and oxygen atoms in total. The third-order valence-electron chi connectivity index (χ3n) is 9.37. The number of carboxylic acids is 1. The van der Waals surface area contributed by atoms with Crippen molar-refractivity contribution in [3.8, 4) is 0 Å². The highest BCUT2D eigenvalue weighted by Gasteiger charge is 2.64. The smallest absolute Gasteiger partial charge is 0.303 e. The minimum absolute atomic E-state index is 0.0440. The van der Waals surface area contributed by atoms with Gasteiger partial charge in [0.2, 0.25) is 6.29 Å². The van der Waals surface area contributed by atoms with E-state index in [2.05, 4.69) is 17.9 Å².